The maximum atomic E-state index is 12.6. The molecule has 0 unspecified atom stereocenters. The fourth-order valence-corrected chi connectivity index (χ4v) is 3.93. The van der Waals surface area contributed by atoms with Crippen molar-refractivity contribution in [2.75, 3.05) is 0 Å². The van der Waals surface area contributed by atoms with Crippen LogP contribution in [0.1, 0.15) is 30.8 Å². The van der Waals surface area contributed by atoms with Crippen molar-refractivity contribution in [3.05, 3.63) is 45.7 Å². The second-order valence-electron chi connectivity index (χ2n) is 5.57. The van der Waals surface area contributed by atoms with Crippen LogP contribution in [0.15, 0.2) is 33.6 Å². The molecule has 0 saturated heterocycles. The lowest BCUT2D eigenvalue weighted by Crippen LogP contribution is -2.16. The van der Waals surface area contributed by atoms with E-state index in [9.17, 15) is 8.42 Å². The fourth-order valence-electron chi connectivity index (χ4n) is 2.20. The Bertz CT molecular complexity index is 747. The summed E-state index contributed by atoms with van der Waals surface area (Å²) in [5.74, 6) is 0.541. The summed E-state index contributed by atoms with van der Waals surface area (Å²) < 4.78 is 27.1. The first kappa shape index (κ1) is 16.2. The van der Waals surface area contributed by atoms with Crippen LogP contribution in [0.4, 0.5) is 0 Å². The molecule has 0 aliphatic heterocycles. The van der Waals surface area contributed by atoms with Crippen LogP contribution in [-0.2, 0) is 16.4 Å². The zero-order valence-electron chi connectivity index (χ0n) is 12.6. The predicted octanol–water partition coefficient (Wildman–Crippen LogP) is 3.70. The summed E-state index contributed by atoms with van der Waals surface area (Å²) in [6, 6.07) is 7.04. The molecule has 0 spiro atoms. The van der Waals surface area contributed by atoms with E-state index in [1.54, 1.807) is 26.0 Å². The maximum absolute atomic E-state index is 12.6. The van der Waals surface area contributed by atoms with Gasteiger partial charge < -0.3 is 0 Å². The van der Waals surface area contributed by atoms with Gasteiger partial charge in [0.25, 0.3) is 10.0 Å². The van der Waals surface area contributed by atoms with Crippen molar-refractivity contribution < 1.29 is 8.42 Å². The monoisotopic (exact) mass is 370 g/mol. The third-order valence-electron chi connectivity index (χ3n) is 3.26. The van der Waals surface area contributed by atoms with E-state index in [0.29, 0.717) is 17.3 Å². The highest BCUT2D eigenvalue weighted by molar-refractivity contribution is 9.10. The van der Waals surface area contributed by atoms with E-state index < -0.39 is 10.0 Å². The van der Waals surface area contributed by atoms with Gasteiger partial charge in [-0.2, -0.15) is 17.6 Å². The van der Waals surface area contributed by atoms with E-state index in [0.717, 1.165) is 20.5 Å². The summed E-state index contributed by atoms with van der Waals surface area (Å²) >= 11 is 3.36. The minimum atomic E-state index is -3.64. The Kier molecular flexibility index (Phi) is 4.58. The van der Waals surface area contributed by atoms with Gasteiger partial charge in [-0.05, 0) is 59.8 Å². The van der Waals surface area contributed by atoms with Gasteiger partial charge in [0.15, 0.2) is 0 Å². The normalized spacial score (nSPS) is 12.1. The van der Waals surface area contributed by atoms with Crippen LogP contribution in [0.3, 0.4) is 0 Å². The molecule has 2 aromatic rings. The van der Waals surface area contributed by atoms with E-state index in [4.69, 9.17) is 0 Å². The van der Waals surface area contributed by atoms with E-state index in [1.807, 2.05) is 12.1 Å². The quantitative estimate of drug-likeness (QED) is 0.824. The number of aryl methyl sites for hydroxylation is 1. The Balaban J connectivity index is 2.42. The van der Waals surface area contributed by atoms with Crippen molar-refractivity contribution in [1.29, 1.82) is 0 Å². The van der Waals surface area contributed by atoms with E-state index in [2.05, 4.69) is 34.9 Å². The first-order chi connectivity index (χ1) is 9.73. The minimum absolute atomic E-state index is 0.258. The van der Waals surface area contributed by atoms with Gasteiger partial charge in [-0.15, -0.1) is 0 Å². The topological polar surface area (TPSA) is 52.0 Å². The molecule has 1 aromatic carbocycles. The molecule has 0 fully saturated rings. The van der Waals surface area contributed by atoms with E-state index in [1.165, 1.54) is 0 Å². The summed E-state index contributed by atoms with van der Waals surface area (Å²) in [5, 5.41) is 4.11. The van der Waals surface area contributed by atoms with Crippen LogP contribution in [-0.4, -0.2) is 17.6 Å². The van der Waals surface area contributed by atoms with Gasteiger partial charge in [0, 0.05) is 0 Å². The molecule has 0 saturated carbocycles. The highest BCUT2D eigenvalue weighted by Gasteiger charge is 2.22. The molecular weight excluding hydrogens is 352 g/mol. The van der Waals surface area contributed by atoms with Crippen LogP contribution in [0.2, 0.25) is 0 Å². The first-order valence-electron chi connectivity index (χ1n) is 6.79. The smallest absolute Gasteiger partial charge is 0.199 e. The average molecular weight is 371 g/mol. The number of aromatic nitrogens is 2. The van der Waals surface area contributed by atoms with Gasteiger partial charge in [0.1, 0.15) is 0 Å². The summed E-state index contributed by atoms with van der Waals surface area (Å²) in [7, 11) is -3.64. The van der Waals surface area contributed by atoms with Crippen molar-refractivity contribution in [1.82, 2.24) is 9.19 Å². The van der Waals surface area contributed by atoms with Gasteiger partial charge in [0.05, 0.1) is 20.8 Å². The Morgan fingerprint density at radius 2 is 1.76 bits per heavy atom. The zero-order valence-corrected chi connectivity index (χ0v) is 15.0. The van der Waals surface area contributed by atoms with E-state index in [-0.39, 0.29) is 4.90 Å². The van der Waals surface area contributed by atoms with Gasteiger partial charge >= 0.3 is 0 Å². The van der Waals surface area contributed by atoms with E-state index >= 15 is 0 Å². The SMILES string of the molecule is Cc1nn(S(=O)(=O)c2ccc(CC(C)C)cc2)c(C)c1Br. The van der Waals surface area contributed by atoms with Crippen molar-refractivity contribution in [3.63, 3.8) is 0 Å². The second kappa shape index (κ2) is 5.93. The van der Waals surface area contributed by atoms with Gasteiger partial charge in [0.2, 0.25) is 0 Å². The molecule has 0 bridgehead atoms. The van der Waals surface area contributed by atoms with Crippen molar-refractivity contribution >= 4 is 26.0 Å². The van der Waals surface area contributed by atoms with Crippen molar-refractivity contribution in [2.24, 2.45) is 5.92 Å². The fraction of sp³-hybridized carbons (Fsp3) is 0.400. The molecule has 1 heterocycles. The number of halogens is 1. The standard InChI is InChI=1S/C15H19BrN2O2S/c1-10(2)9-13-5-7-14(8-6-13)21(19,20)18-12(4)15(16)11(3)17-18/h5-8,10H,9H2,1-4H3. The highest BCUT2D eigenvalue weighted by atomic mass is 79.9. The molecule has 6 heteroatoms. The predicted molar refractivity (Wildman–Crippen MR) is 87.0 cm³/mol. The summed E-state index contributed by atoms with van der Waals surface area (Å²) in [6.07, 6.45) is 0.936. The molecule has 114 valence electrons. The molecule has 2 rings (SSSR count). The zero-order chi connectivity index (χ0) is 15.8. The Morgan fingerprint density at radius 3 is 2.19 bits per heavy atom. The number of nitrogens with zero attached hydrogens (tertiary/aromatic N) is 2. The lowest BCUT2D eigenvalue weighted by atomic mass is 10.0. The van der Waals surface area contributed by atoms with Crippen LogP contribution < -0.4 is 0 Å². The van der Waals surface area contributed by atoms with Crippen LogP contribution in [0.5, 0.6) is 0 Å². The molecule has 0 atom stereocenters. The Hall–Kier alpha value is -1.14. The number of hydrogen-bond acceptors (Lipinski definition) is 3. The Morgan fingerprint density at radius 1 is 1.19 bits per heavy atom. The van der Waals surface area contributed by atoms with Crippen LogP contribution in [0, 0.1) is 19.8 Å². The average Bonchev–Trinajstić information content (AvgIpc) is 2.67. The maximum Gasteiger partial charge on any atom is 0.283 e. The second-order valence-corrected chi connectivity index (χ2v) is 8.14. The Labute approximate surface area is 134 Å². The highest BCUT2D eigenvalue weighted by Crippen LogP contribution is 2.24. The lowest BCUT2D eigenvalue weighted by Gasteiger charge is -2.09. The molecule has 0 amide bonds. The largest absolute Gasteiger partial charge is 0.283 e. The number of rotatable bonds is 4. The van der Waals surface area contributed by atoms with Crippen LogP contribution >= 0.6 is 15.9 Å². The number of benzene rings is 1. The summed E-state index contributed by atoms with van der Waals surface area (Å²) in [4.78, 5) is 0.258. The molecule has 0 N–H and O–H groups in total. The third kappa shape index (κ3) is 3.21. The molecule has 1 aromatic heterocycles. The molecule has 4 nitrogen and oxygen atoms in total. The molecule has 0 aliphatic carbocycles. The van der Waals surface area contributed by atoms with Crippen molar-refractivity contribution in [2.45, 2.75) is 39.0 Å². The van der Waals surface area contributed by atoms with Gasteiger partial charge in [-0.25, -0.2) is 0 Å². The lowest BCUT2D eigenvalue weighted by molar-refractivity contribution is 0.577. The summed E-state index contributed by atoms with van der Waals surface area (Å²) in [6.45, 7) is 7.78. The molecule has 0 radical (unpaired) electrons. The van der Waals surface area contributed by atoms with Gasteiger partial charge in [-0.1, -0.05) is 26.0 Å². The number of hydrogen-bond donors (Lipinski definition) is 0. The van der Waals surface area contributed by atoms with Crippen LogP contribution in [0.25, 0.3) is 0 Å². The third-order valence-corrected chi connectivity index (χ3v) is 6.08. The minimum Gasteiger partial charge on any atom is -0.199 e. The summed E-state index contributed by atoms with van der Waals surface area (Å²) in [5.41, 5.74) is 2.38. The van der Waals surface area contributed by atoms with Gasteiger partial charge in [-0.3, -0.25) is 0 Å². The first-order valence-corrected chi connectivity index (χ1v) is 9.03. The van der Waals surface area contributed by atoms with Crippen molar-refractivity contribution in [3.8, 4) is 0 Å². The molecular formula is C15H19BrN2O2S. The molecule has 0 aliphatic rings. The molecule has 21 heavy (non-hydrogen) atoms.